The fourth-order valence-electron chi connectivity index (χ4n) is 3.22. The first-order valence-electron chi connectivity index (χ1n) is 10.1. The molecular weight excluding hydrogens is 510 g/mol. The van der Waals surface area contributed by atoms with E-state index in [9.17, 15) is 35.9 Å². The minimum atomic E-state index is -4.65. The van der Waals surface area contributed by atoms with Gasteiger partial charge in [0, 0.05) is 11.9 Å². The summed E-state index contributed by atoms with van der Waals surface area (Å²) in [4.78, 5) is 27.1. The summed E-state index contributed by atoms with van der Waals surface area (Å²) in [6.45, 7) is -0.455. The van der Waals surface area contributed by atoms with E-state index in [2.05, 4.69) is 0 Å². The Morgan fingerprint density at radius 3 is 2.06 bits per heavy atom. The van der Waals surface area contributed by atoms with Crippen LogP contribution in [0.3, 0.4) is 0 Å². The first-order chi connectivity index (χ1) is 16.9. The van der Waals surface area contributed by atoms with Crippen LogP contribution in [0.2, 0.25) is 0 Å². The predicted octanol–water partition coefficient (Wildman–Crippen LogP) is 6.62. The number of hydrogen-bond donors (Lipinski definition) is 0. The molecule has 0 aromatic heterocycles. The van der Waals surface area contributed by atoms with E-state index in [4.69, 9.17) is 4.74 Å². The van der Waals surface area contributed by atoms with Gasteiger partial charge in [-0.3, -0.25) is 14.6 Å². The second-order valence-corrected chi connectivity index (χ2v) is 8.48. The molecule has 5 nitrogen and oxygen atoms in total. The smallest absolute Gasteiger partial charge is 0.446 e. The summed E-state index contributed by atoms with van der Waals surface area (Å²) in [5.74, 6) is -4.46. The molecule has 3 aromatic rings. The van der Waals surface area contributed by atoms with Gasteiger partial charge in [0.25, 0.3) is 5.91 Å². The normalized spacial score (nSPS) is 11.2. The number of nitrogens with zero attached hydrogens (tertiary/aromatic N) is 2. The van der Waals surface area contributed by atoms with Gasteiger partial charge in [-0.25, -0.2) is 18.0 Å². The van der Waals surface area contributed by atoms with Gasteiger partial charge < -0.3 is 4.74 Å². The van der Waals surface area contributed by atoms with Crippen molar-refractivity contribution in [1.82, 2.24) is 4.90 Å². The second-order valence-electron chi connectivity index (χ2n) is 7.34. The molecule has 0 saturated carbocycles. The largest absolute Gasteiger partial charge is 0.497 e. The number of rotatable bonds is 6. The van der Waals surface area contributed by atoms with Crippen LogP contribution in [0, 0.1) is 17.5 Å². The molecule has 0 spiro atoms. The molecule has 0 aliphatic carbocycles. The fraction of sp³-hybridized carbons (Fsp3) is 0.167. The Bertz CT molecular complexity index is 1250. The number of ether oxygens (including phenoxy) is 1. The van der Waals surface area contributed by atoms with Crippen LogP contribution in [0.25, 0.3) is 0 Å². The van der Waals surface area contributed by atoms with Crippen LogP contribution in [-0.4, -0.2) is 36.5 Å². The van der Waals surface area contributed by atoms with Crippen LogP contribution in [0.4, 0.5) is 36.8 Å². The van der Waals surface area contributed by atoms with E-state index < -0.39 is 69.4 Å². The van der Waals surface area contributed by atoms with Gasteiger partial charge in [-0.2, -0.15) is 13.2 Å². The van der Waals surface area contributed by atoms with Crippen LogP contribution in [0.1, 0.15) is 15.9 Å². The van der Waals surface area contributed by atoms with E-state index in [-0.39, 0.29) is 0 Å². The van der Waals surface area contributed by atoms with Crippen molar-refractivity contribution in [2.24, 2.45) is 0 Å². The highest BCUT2D eigenvalue weighted by Crippen LogP contribution is 2.38. The molecule has 3 rings (SSSR count). The van der Waals surface area contributed by atoms with E-state index in [1.54, 1.807) is 0 Å². The Labute approximate surface area is 206 Å². The maximum absolute atomic E-state index is 14.7. The third-order valence-corrected chi connectivity index (χ3v) is 5.67. The maximum Gasteiger partial charge on any atom is 0.446 e. The maximum atomic E-state index is 14.7. The minimum absolute atomic E-state index is 0.375. The van der Waals surface area contributed by atoms with Gasteiger partial charge in [0.05, 0.1) is 19.3 Å². The summed E-state index contributed by atoms with van der Waals surface area (Å²) in [5.41, 5.74) is -5.72. The Balaban J connectivity index is 1.98. The monoisotopic (exact) mass is 528 g/mol. The number of methoxy groups -OCH3 is 1. The van der Waals surface area contributed by atoms with Crippen molar-refractivity contribution in [2.45, 2.75) is 16.9 Å². The molecule has 0 heterocycles. The lowest BCUT2D eigenvalue weighted by molar-refractivity contribution is -0.0328. The van der Waals surface area contributed by atoms with E-state index >= 15 is 0 Å². The molecule has 0 radical (unpaired) electrons. The SMILES string of the molecule is COc1ccc(CN(C(=O)c2c(F)cccc2F)C(=O)N(C)c2ccc(SC(F)(F)F)cc2F)cc1. The highest BCUT2D eigenvalue weighted by Gasteiger charge is 2.32. The lowest BCUT2D eigenvalue weighted by atomic mass is 10.1. The van der Waals surface area contributed by atoms with Crippen LogP contribution >= 0.6 is 11.8 Å². The molecule has 12 heteroatoms. The van der Waals surface area contributed by atoms with Gasteiger partial charge in [-0.1, -0.05) is 18.2 Å². The fourth-order valence-corrected chi connectivity index (χ4v) is 3.78. The van der Waals surface area contributed by atoms with Crippen LogP contribution in [0.15, 0.2) is 65.6 Å². The Morgan fingerprint density at radius 2 is 1.53 bits per heavy atom. The van der Waals surface area contributed by atoms with Gasteiger partial charge in [0.1, 0.15) is 28.8 Å². The number of benzene rings is 3. The molecule has 0 saturated heterocycles. The highest BCUT2D eigenvalue weighted by atomic mass is 32.2. The van der Waals surface area contributed by atoms with Gasteiger partial charge in [-0.15, -0.1) is 0 Å². The average Bonchev–Trinajstić information content (AvgIpc) is 2.81. The lowest BCUT2D eigenvalue weighted by Gasteiger charge is -2.27. The molecule has 0 unspecified atom stereocenters. The zero-order valence-electron chi connectivity index (χ0n) is 18.8. The van der Waals surface area contributed by atoms with Gasteiger partial charge in [0.15, 0.2) is 0 Å². The van der Waals surface area contributed by atoms with Crippen molar-refractivity contribution in [3.05, 3.63) is 89.2 Å². The number of alkyl halides is 3. The summed E-state index contributed by atoms with van der Waals surface area (Å²) in [7, 11) is 2.50. The number of imide groups is 1. The molecule has 0 fully saturated rings. The van der Waals surface area contributed by atoms with E-state index in [1.165, 1.54) is 31.4 Å². The zero-order chi connectivity index (χ0) is 26.6. The highest BCUT2D eigenvalue weighted by molar-refractivity contribution is 8.00. The van der Waals surface area contributed by atoms with Gasteiger partial charge in [-0.05, 0) is 59.8 Å². The number of halogens is 6. The van der Waals surface area contributed by atoms with Crippen molar-refractivity contribution < 1.29 is 40.7 Å². The summed E-state index contributed by atoms with van der Waals surface area (Å²) in [5, 5.41) is 0. The van der Waals surface area contributed by atoms with E-state index in [0.29, 0.717) is 27.2 Å². The Kier molecular flexibility index (Phi) is 8.18. The number of anilines is 1. The topological polar surface area (TPSA) is 49.9 Å². The Morgan fingerprint density at radius 1 is 0.917 bits per heavy atom. The molecular formula is C24H18F6N2O3S. The van der Waals surface area contributed by atoms with Crippen molar-refractivity contribution >= 4 is 29.4 Å². The van der Waals surface area contributed by atoms with Crippen LogP contribution in [-0.2, 0) is 6.54 Å². The number of thioether (sulfide) groups is 1. The number of hydrogen-bond acceptors (Lipinski definition) is 4. The molecule has 36 heavy (non-hydrogen) atoms. The predicted molar refractivity (Wildman–Crippen MR) is 121 cm³/mol. The standard InChI is InChI=1S/C24H18F6N2O3S/c1-31(20-11-10-16(12-19(20)27)36-24(28,29)30)23(34)32(13-14-6-8-15(35-2)9-7-14)22(33)21-17(25)4-3-5-18(21)26/h3-12H,13H2,1-2H3. The lowest BCUT2D eigenvalue weighted by Crippen LogP contribution is -2.45. The minimum Gasteiger partial charge on any atom is -0.497 e. The molecule has 3 amide bonds. The van der Waals surface area contributed by atoms with Crippen molar-refractivity contribution in [3.63, 3.8) is 0 Å². The zero-order valence-corrected chi connectivity index (χ0v) is 19.6. The summed E-state index contributed by atoms with van der Waals surface area (Å²) < 4.78 is 86.2. The first-order valence-corrected chi connectivity index (χ1v) is 10.9. The molecule has 3 aromatic carbocycles. The third kappa shape index (κ3) is 6.30. The van der Waals surface area contributed by atoms with Gasteiger partial charge >= 0.3 is 11.5 Å². The van der Waals surface area contributed by atoms with Gasteiger partial charge in [0.2, 0.25) is 0 Å². The van der Waals surface area contributed by atoms with Crippen molar-refractivity contribution in [3.8, 4) is 5.75 Å². The molecule has 0 bridgehead atoms. The molecule has 0 aliphatic heterocycles. The number of carbonyl (C=O) groups excluding carboxylic acids is 2. The molecule has 0 atom stereocenters. The number of amides is 3. The number of urea groups is 1. The quantitative estimate of drug-likeness (QED) is 0.267. The van der Waals surface area contributed by atoms with Crippen LogP contribution < -0.4 is 9.64 Å². The molecule has 190 valence electrons. The second kappa shape index (κ2) is 10.9. The van der Waals surface area contributed by atoms with Crippen molar-refractivity contribution in [2.75, 3.05) is 19.1 Å². The molecule has 0 N–H and O–H groups in total. The Hall–Kier alpha value is -3.67. The van der Waals surface area contributed by atoms with Crippen molar-refractivity contribution in [1.29, 1.82) is 0 Å². The average molecular weight is 528 g/mol. The van der Waals surface area contributed by atoms with E-state index in [1.807, 2.05) is 0 Å². The van der Waals surface area contributed by atoms with E-state index in [0.717, 1.165) is 37.4 Å². The molecule has 0 aliphatic rings. The number of carbonyl (C=O) groups is 2. The summed E-state index contributed by atoms with van der Waals surface area (Å²) in [6, 6.07) is 10.1. The first kappa shape index (κ1) is 26.9. The van der Waals surface area contributed by atoms with Crippen LogP contribution in [0.5, 0.6) is 5.75 Å². The third-order valence-electron chi connectivity index (χ3n) is 4.95. The summed E-state index contributed by atoms with van der Waals surface area (Å²) >= 11 is -0.541. The summed E-state index contributed by atoms with van der Waals surface area (Å²) in [6.07, 6.45) is 0.